The maximum Gasteiger partial charge on any atom is 0.250 e. The molecule has 0 amide bonds. The van der Waals surface area contributed by atoms with Gasteiger partial charge in [0.05, 0.1) is 11.8 Å². The molecular weight excluding hydrogens is 589 g/mol. The summed E-state index contributed by atoms with van der Waals surface area (Å²) in [5.41, 5.74) is 2.60. The molecule has 2 heterocycles. The smallest absolute Gasteiger partial charge is 0.250 e. The van der Waals surface area contributed by atoms with Gasteiger partial charge in [-0.15, -0.1) is 0 Å². The number of rotatable bonds is 9. The molecule has 1 N–H and O–H groups in total. The number of sulfonamides is 1. The van der Waals surface area contributed by atoms with Crippen molar-refractivity contribution >= 4 is 18.3 Å². The van der Waals surface area contributed by atoms with Crippen LogP contribution in [0.3, 0.4) is 0 Å². The third-order valence-electron chi connectivity index (χ3n) is 12.1. The van der Waals surface area contributed by atoms with E-state index in [1.807, 2.05) is 43.3 Å². The molecule has 5 aliphatic rings. The predicted octanol–water partition coefficient (Wildman–Crippen LogP) is 6.45. The summed E-state index contributed by atoms with van der Waals surface area (Å²) in [4.78, 5) is 2.70. The number of likely N-dealkylation sites (N-methyl/N-ethyl adjacent to an activating group) is 1. The van der Waals surface area contributed by atoms with Crippen LogP contribution in [0.25, 0.3) is 0 Å². The monoisotopic (exact) mass is 638 g/mol. The number of hydrogen-bond donors (Lipinski definition) is 1. The Morgan fingerprint density at radius 3 is 2.52 bits per heavy atom. The van der Waals surface area contributed by atoms with Crippen LogP contribution in [-0.4, -0.2) is 68.9 Å². The summed E-state index contributed by atoms with van der Waals surface area (Å²) in [5.74, 6) is 2.86. The third-order valence-corrected chi connectivity index (χ3v) is 18.4. The first-order valence-electron chi connectivity index (χ1n) is 16.8. The number of phenolic OH excluding ortho intramolecular Hbond substituents is 1. The van der Waals surface area contributed by atoms with Crippen molar-refractivity contribution in [1.82, 2.24) is 9.21 Å². The maximum atomic E-state index is 14.1. The Balaban J connectivity index is 1.33. The molecule has 44 heavy (non-hydrogen) atoms. The molecule has 0 unspecified atom stereocenters. The van der Waals surface area contributed by atoms with Crippen molar-refractivity contribution in [2.75, 3.05) is 19.6 Å². The molecule has 2 bridgehead atoms. The highest BCUT2D eigenvalue weighted by Crippen LogP contribution is 2.66. The predicted molar refractivity (Wildman–Crippen MR) is 176 cm³/mol. The lowest BCUT2D eigenvalue weighted by molar-refractivity contribution is -0.0772. The molecule has 5 atom stereocenters. The summed E-state index contributed by atoms with van der Waals surface area (Å²) in [6.45, 7) is 15.6. The van der Waals surface area contributed by atoms with Gasteiger partial charge in [-0.2, -0.15) is 4.31 Å². The van der Waals surface area contributed by atoms with Crippen molar-refractivity contribution in [3.8, 4) is 17.2 Å². The number of nitrogens with zero attached hydrogens (tertiary/aromatic N) is 2. The minimum absolute atomic E-state index is 0.0160. The van der Waals surface area contributed by atoms with E-state index in [4.69, 9.17) is 9.16 Å². The number of aromatic hydroxyl groups is 1. The molecule has 1 spiro atoms. The van der Waals surface area contributed by atoms with Crippen molar-refractivity contribution in [3.05, 3.63) is 53.1 Å². The second kappa shape index (κ2) is 10.5. The number of piperidine rings is 1. The van der Waals surface area contributed by atoms with Crippen molar-refractivity contribution in [2.45, 2.75) is 114 Å². The Morgan fingerprint density at radius 2 is 1.86 bits per heavy atom. The highest BCUT2D eigenvalue weighted by molar-refractivity contribution is 7.88. The van der Waals surface area contributed by atoms with Crippen LogP contribution in [0.4, 0.5) is 0 Å². The van der Waals surface area contributed by atoms with E-state index in [0.717, 1.165) is 67.1 Å². The fourth-order valence-corrected chi connectivity index (χ4v) is 11.6. The zero-order valence-electron chi connectivity index (χ0n) is 27.3. The van der Waals surface area contributed by atoms with Crippen LogP contribution in [0.15, 0.2) is 36.4 Å². The van der Waals surface area contributed by atoms with Crippen molar-refractivity contribution in [1.29, 1.82) is 0 Å². The third kappa shape index (κ3) is 4.74. The average molecular weight is 639 g/mol. The lowest BCUT2D eigenvalue weighted by atomic mass is 9.51. The summed E-state index contributed by atoms with van der Waals surface area (Å²) in [6.07, 6.45) is 5.80. The molecule has 2 aromatic carbocycles. The lowest BCUT2D eigenvalue weighted by Gasteiger charge is -2.60. The highest BCUT2D eigenvalue weighted by Gasteiger charge is 2.67. The Kier molecular flexibility index (Phi) is 7.28. The second-order valence-electron chi connectivity index (χ2n) is 15.7. The molecule has 2 aliphatic heterocycles. The topological polar surface area (TPSA) is 79.3 Å². The number of benzene rings is 2. The van der Waals surface area contributed by atoms with Crippen molar-refractivity contribution < 1.29 is 22.7 Å². The summed E-state index contributed by atoms with van der Waals surface area (Å²) in [6, 6.07) is 11.4. The minimum atomic E-state index is -3.61. The summed E-state index contributed by atoms with van der Waals surface area (Å²) < 4.78 is 44.1. The van der Waals surface area contributed by atoms with Gasteiger partial charge < -0.3 is 14.3 Å². The first kappa shape index (κ1) is 30.6. The molecule has 2 aromatic rings. The van der Waals surface area contributed by atoms with Gasteiger partial charge in [0.25, 0.3) is 8.32 Å². The van der Waals surface area contributed by atoms with E-state index in [-0.39, 0.29) is 28.4 Å². The SMILES string of the molecule is CCN([C@H]1CC[C@H]2[C@H]3Cc4c(O)cc(O[Si](C)(C)C(C)(C)C)c5c4[C@@]2(CCN3CC2CC2)[C@H]1O5)S(=O)(=O)Cc1ccccc1. The largest absolute Gasteiger partial charge is 0.541 e. The molecule has 1 saturated heterocycles. The van der Waals surface area contributed by atoms with Gasteiger partial charge in [0, 0.05) is 41.7 Å². The summed E-state index contributed by atoms with van der Waals surface area (Å²) >= 11 is 0. The molecule has 3 aliphatic carbocycles. The van der Waals surface area contributed by atoms with Crippen LogP contribution in [0.1, 0.15) is 76.5 Å². The minimum Gasteiger partial charge on any atom is -0.541 e. The van der Waals surface area contributed by atoms with E-state index < -0.39 is 18.3 Å². The van der Waals surface area contributed by atoms with Crippen LogP contribution >= 0.6 is 0 Å². The van der Waals surface area contributed by atoms with E-state index in [1.54, 1.807) is 4.31 Å². The van der Waals surface area contributed by atoms with Crippen LogP contribution < -0.4 is 9.16 Å². The maximum absolute atomic E-state index is 14.1. The molecule has 0 aromatic heterocycles. The molecule has 9 heteroatoms. The van der Waals surface area contributed by atoms with Crippen molar-refractivity contribution in [2.24, 2.45) is 11.8 Å². The Morgan fingerprint density at radius 1 is 1.14 bits per heavy atom. The summed E-state index contributed by atoms with van der Waals surface area (Å²) in [7, 11) is -5.86. The number of ether oxygens (including phenoxy) is 1. The van der Waals surface area contributed by atoms with E-state index in [1.165, 1.54) is 12.8 Å². The van der Waals surface area contributed by atoms with Crippen LogP contribution in [0, 0.1) is 11.8 Å². The van der Waals surface area contributed by atoms with Crippen LogP contribution in [0.2, 0.25) is 18.1 Å². The quantitative estimate of drug-likeness (QED) is 0.318. The summed E-state index contributed by atoms with van der Waals surface area (Å²) in [5, 5.41) is 11.6. The zero-order chi connectivity index (χ0) is 31.2. The van der Waals surface area contributed by atoms with Gasteiger partial charge in [-0.25, -0.2) is 8.42 Å². The van der Waals surface area contributed by atoms with E-state index in [0.29, 0.717) is 30.0 Å². The van der Waals surface area contributed by atoms with Crippen LogP contribution in [-0.2, 0) is 27.6 Å². The van der Waals surface area contributed by atoms with Gasteiger partial charge in [0.2, 0.25) is 10.0 Å². The van der Waals surface area contributed by atoms with E-state index in [9.17, 15) is 13.5 Å². The molecule has 3 fully saturated rings. The van der Waals surface area contributed by atoms with E-state index >= 15 is 0 Å². The number of likely N-dealkylation sites (tertiary alicyclic amines) is 1. The van der Waals surface area contributed by atoms with Gasteiger partial charge in [0.15, 0.2) is 11.5 Å². The van der Waals surface area contributed by atoms with Crippen molar-refractivity contribution in [3.63, 3.8) is 0 Å². The standard InChI is InChI=1S/C35H50N2O5SSi/c1-7-37(43(39,40)22-24-11-9-8-10-12-24)27-16-15-26-28-19-25-29(38)20-30(42-44(5,6)34(2,3)4)32-31(25)35(26,33(27)41-32)17-18-36(28)21-23-13-14-23/h8-12,20,23,26-28,33,38H,7,13-19,21-22H2,1-6H3/t26-,27-,28+,33-,35-/m0/s1. The number of hydrogen-bond acceptors (Lipinski definition) is 6. The molecule has 2 saturated carbocycles. The fourth-order valence-electron chi connectivity index (χ4n) is 8.81. The molecule has 240 valence electrons. The second-order valence-corrected chi connectivity index (χ2v) is 22.3. The normalized spacial score (nSPS) is 29.8. The van der Waals surface area contributed by atoms with Gasteiger partial charge in [-0.05, 0) is 80.6 Å². The first-order chi connectivity index (χ1) is 20.8. The Bertz CT molecular complexity index is 1540. The lowest BCUT2D eigenvalue weighted by Crippen LogP contribution is -2.69. The first-order valence-corrected chi connectivity index (χ1v) is 21.3. The highest BCUT2D eigenvalue weighted by atomic mass is 32.2. The van der Waals surface area contributed by atoms with Gasteiger partial charge in [-0.3, -0.25) is 4.90 Å². The molecule has 0 radical (unpaired) electrons. The van der Waals surface area contributed by atoms with Crippen LogP contribution in [0.5, 0.6) is 17.2 Å². The van der Waals surface area contributed by atoms with Gasteiger partial charge in [-0.1, -0.05) is 58.0 Å². The molecular formula is C35H50N2O5SSi. The van der Waals surface area contributed by atoms with E-state index in [2.05, 4.69) is 38.8 Å². The fraction of sp³-hybridized carbons (Fsp3) is 0.657. The average Bonchev–Trinajstić information content (AvgIpc) is 3.70. The number of phenols is 1. The molecule has 7 rings (SSSR count). The van der Waals surface area contributed by atoms with Gasteiger partial charge in [0.1, 0.15) is 11.9 Å². The molecule has 7 nitrogen and oxygen atoms in total. The van der Waals surface area contributed by atoms with Gasteiger partial charge >= 0.3 is 0 Å². The Labute approximate surface area is 265 Å². The zero-order valence-corrected chi connectivity index (χ0v) is 29.1. The Hall–Kier alpha value is -2.07.